The van der Waals surface area contributed by atoms with Gasteiger partial charge in [-0.25, -0.2) is 4.98 Å². The molecule has 3 nitrogen and oxygen atoms in total. The summed E-state index contributed by atoms with van der Waals surface area (Å²) in [6, 6.07) is 2.00. The number of aromatic nitrogens is 1. The van der Waals surface area contributed by atoms with Crippen molar-refractivity contribution in [3.8, 4) is 5.88 Å². The molecule has 2 heterocycles. The van der Waals surface area contributed by atoms with E-state index in [0.717, 1.165) is 29.5 Å². The Hall–Kier alpha value is -0.610. The molecule has 0 bridgehead atoms. The highest BCUT2D eigenvalue weighted by Gasteiger charge is 2.16. The van der Waals surface area contributed by atoms with Crippen LogP contribution in [-0.4, -0.2) is 24.3 Å². The monoisotopic (exact) mass is 271 g/mol. The van der Waals surface area contributed by atoms with Crippen LogP contribution in [0.15, 0.2) is 16.7 Å². The number of pyridine rings is 1. The Balaban J connectivity index is 1.92. The highest BCUT2D eigenvalue weighted by Crippen LogP contribution is 2.23. The van der Waals surface area contributed by atoms with Gasteiger partial charge in [0, 0.05) is 12.8 Å². The third-order valence-corrected chi connectivity index (χ3v) is 2.94. The highest BCUT2D eigenvalue weighted by atomic mass is 79.9. The van der Waals surface area contributed by atoms with Crippen LogP contribution in [0.3, 0.4) is 0 Å². The van der Waals surface area contributed by atoms with Crippen molar-refractivity contribution in [2.24, 2.45) is 0 Å². The SMILES string of the molecule is Cc1cnc(OCC2CCCO2)c(Br)c1. The lowest BCUT2D eigenvalue weighted by molar-refractivity contribution is 0.0660. The molecule has 4 heteroatoms. The van der Waals surface area contributed by atoms with Gasteiger partial charge in [-0.05, 0) is 47.3 Å². The second-order valence-electron chi connectivity index (χ2n) is 3.75. The van der Waals surface area contributed by atoms with E-state index < -0.39 is 0 Å². The van der Waals surface area contributed by atoms with E-state index in [4.69, 9.17) is 9.47 Å². The van der Waals surface area contributed by atoms with Crippen LogP contribution in [0.5, 0.6) is 5.88 Å². The third kappa shape index (κ3) is 2.92. The maximum atomic E-state index is 5.59. The first-order chi connectivity index (χ1) is 7.25. The van der Waals surface area contributed by atoms with E-state index in [-0.39, 0.29) is 6.10 Å². The molecule has 0 aliphatic carbocycles. The Labute approximate surface area is 97.9 Å². The third-order valence-electron chi connectivity index (χ3n) is 2.37. The second-order valence-corrected chi connectivity index (χ2v) is 4.60. The number of ether oxygens (including phenoxy) is 2. The van der Waals surface area contributed by atoms with Crippen molar-refractivity contribution in [1.29, 1.82) is 0 Å². The maximum absolute atomic E-state index is 5.59. The highest BCUT2D eigenvalue weighted by molar-refractivity contribution is 9.10. The summed E-state index contributed by atoms with van der Waals surface area (Å²) in [6.45, 7) is 3.45. The number of halogens is 1. The average Bonchev–Trinajstić information content (AvgIpc) is 2.69. The molecule has 1 aliphatic rings. The molecule has 0 radical (unpaired) electrons. The summed E-state index contributed by atoms with van der Waals surface area (Å²) in [7, 11) is 0. The number of aryl methyl sites for hydroxylation is 1. The molecule has 1 unspecified atom stereocenters. The maximum Gasteiger partial charge on any atom is 0.228 e. The predicted octanol–water partition coefficient (Wildman–Crippen LogP) is 2.71. The van der Waals surface area contributed by atoms with E-state index in [2.05, 4.69) is 20.9 Å². The average molecular weight is 272 g/mol. The Morgan fingerprint density at radius 2 is 2.53 bits per heavy atom. The quantitative estimate of drug-likeness (QED) is 0.847. The molecule has 0 N–H and O–H groups in total. The largest absolute Gasteiger partial charge is 0.474 e. The van der Waals surface area contributed by atoms with Crippen LogP contribution >= 0.6 is 15.9 Å². The summed E-state index contributed by atoms with van der Waals surface area (Å²) in [5.74, 6) is 0.649. The zero-order valence-corrected chi connectivity index (χ0v) is 10.3. The topological polar surface area (TPSA) is 31.4 Å². The predicted molar refractivity (Wildman–Crippen MR) is 61.1 cm³/mol. The number of nitrogens with zero attached hydrogens (tertiary/aromatic N) is 1. The van der Waals surface area contributed by atoms with Crippen molar-refractivity contribution < 1.29 is 9.47 Å². The van der Waals surface area contributed by atoms with Gasteiger partial charge in [0.2, 0.25) is 5.88 Å². The van der Waals surface area contributed by atoms with E-state index in [1.165, 1.54) is 0 Å². The minimum absolute atomic E-state index is 0.236. The van der Waals surface area contributed by atoms with Crippen LogP contribution in [-0.2, 0) is 4.74 Å². The molecule has 1 aliphatic heterocycles. The van der Waals surface area contributed by atoms with Crippen molar-refractivity contribution in [3.05, 3.63) is 22.3 Å². The van der Waals surface area contributed by atoms with Crippen molar-refractivity contribution in [3.63, 3.8) is 0 Å². The molecule has 0 spiro atoms. The molecule has 1 atom stereocenters. The Morgan fingerprint density at radius 1 is 1.67 bits per heavy atom. The van der Waals surface area contributed by atoms with Crippen molar-refractivity contribution in [2.75, 3.05) is 13.2 Å². The Kier molecular flexibility index (Phi) is 3.59. The van der Waals surface area contributed by atoms with Gasteiger partial charge in [-0.15, -0.1) is 0 Å². The summed E-state index contributed by atoms with van der Waals surface area (Å²) in [6.07, 6.45) is 4.26. The fraction of sp³-hybridized carbons (Fsp3) is 0.545. The zero-order valence-electron chi connectivity index (χ0n) is 8.70. The van der Waals surface area contributed by atoms with Crippen LogP contribution in [0.25, 0.3) is 0 Å². The van der Waals surface area contributed by atoms with Crippen molar-refractivity contribution in [2.45, 2.75) is 25.9 Å². The van der Waals surface area contributed by atoms with E-state index in [0.29, 0.717) is 12.5 Å². The van der Waals surface area contributed by atoms with Crippen LogP contribution in [0.4, 0.5) is 0 Å². The number of hydrogen-bond acceptors (Lipinski definition) is 3. The van der Waals surface area contributed by atoms with Gasteiger partial charge in [0.05, 0.1) is 10.6 Å². The van der Waals surface area contributed by atoms with Gasteiger partial charge in [0.1, 0.15) is 6.61 Å². The molecule has 15 heavy (non-hydrogen) atoms. The molecule has 0 saturated carbocycles. The standard InChI is InChI=1S/C11H14BrNO2/c1-8-5-10(12)11(13-6-8)15-7-9-3-2-4-14-9/h5-6,9H,2-4,7H2,1H3. The number of hydrogen-bond donors (Lipinski definition) is 0. The lowest BCUT2D eigenvalue weighted by Gasteiger charge is -2.11. The molecule has 0 amide bonds. The molecule has 0 aromatic carbocycles. The second kappa shape index (κ2) is 4.94. The first-order valence-corrected chi connectivity index (χ1v) is 5.91. The van der Waals surface area contributed by atoms with E-state index in [9.17, 15) is 0 Å². The van der Waals surface area contributed by atoms with Crippen molar-refractivity contribution in [1.82, 2.24) is 4.98 Å². The van der Waals surface area contributed by atoms with E-state index >= 15 is 0 Å². The molecule has 1 saturated heterocycles. The van der Waals surface area contributed by atoms with Crippen LogP contribution in [0, 0.1) is 6.92 Å². The smallest absolute Gasteiger partial charge is 0.228 e. The van der Waals surface area contributed by atoms with E-state index in [1.54, 1.807) is 6.20 Å². The van der Waals surface area contributed by atoms with Gasteiger partial charge in [-0.2, -0.15) is 0 Å². The minimum atomic E-state index is 0.236. The molecule has 2 rings (SSSR count). The first kappa shape index (κ1) is 10.9. The first-order valence-electron chi connectivity index (χ1n) is 5.12. The van der Waals surface area contributed by atoms with Crippen LogP contribution < -0.4 is 4.74 Å². The van der Waals surface area contributed by atoms with E-state index in [1.807, 2.05) is 13.0 Å². The summed E-state index contributed by atoms with van der Waals surface area (Å²) in [4.78, 5) is 4.21. The lowest BCUT2D eigenvalue weighted by Crippen LogP contribution is -2.16. The lowest BCUT2D eigenvalue weighted by atomic mass is 10.2. The molecule has 82 valence electrons. The van der Waals surface area contributed by atoms with Gasteiger partial charge < -0.3 is 9.47 Å². The molecular formula is C11H14BrNO2. The van der Waals surface area contributed by atoms with Crippen LogP contribution in [0.2, 0.25) is 0 Å². The molecule has 1 aromatic heterocycles. The molecule has 1 fully saturated rings. The van der Waals surface area contributed by atoms with Gasteiger partial charge in [0.25, 0.3) is 0 Å². The van der Waals surface area contributed by atoms with Crippen LogP contribution in [0.1, 0.15) is 18.4 Å². The van der Waals surface area contributed by atoms with Crippen molar-refractivity contribution >= 4 is 15.9 Å². The summed E-state index contributed by atoms with van der Waals surface area (Å²) in [5.41, 5.74) is 1.12. The Morgan fingerprint density at radius 3 is 3.20 bits per heavy atom. The normalized spacial score (nSPS) is 20.5. The molecular weight excluding hydrogens is 258 g/mol. The zero-order chi connectivity index (χ0) is 10.7. The minimum Gasteiger partial charge on any atom is -0.474 e. The molecule has 1 aromatic rings. The van der Waals surface area contributed by atoms with Gasteiger partial charge in [-0.3, -0.25) is 0 Å². The summed E-state index contributed by atoms with van der Waals surface area (Å²) >= 11 is 3.43. The Bertz CT molecular complexity index is 337. The summed E-state index contributed by atoms with van der Waals surface area (Å²) in [5, 5.41) is 0. The number of rotatable bonds is 3. The van der Waals surface area contributed by atoms with Gasteiger partial charge in [-0.1, -0.05) is 0 Å². The fourth-order valence-corrected chi connectivity index (χ4v) is 2.15. The summed E-state index contributed by atoms with van der Waals surface area (Å²) < 4.78 is 12.0. The van der Waals surface area contributed by atoms with Gasteiger partial charge >= 0.3 is 0 Å². The fourth-order valence-electron chi connectivity index (χ4n) is 1.57. The van der Waals surface area contributed by atoms with Gasteiger partial charge in [0.15, 0.2) is 0 Å².